The second-order valence-corrected chi connectivity index (χ2v) is 4.55. The highest BCUT2D eigenvalue weighted by Crippen LogP contribution is 2.30. The van der Waals surface area contributed by atoms with Gasteiger partial charge in [0, 0.05) is 19.1 Å². The van der Waals surface area contributed by atoms with Gasteiger partial charge in [-0.05, 0) is 32.0 Å². The first-order valence-electron chi connectivity index (χ1n) is 6.55. The summed E-state index contributed by atoms with van der Waals surface area (Å²) in [6, 6.07) is 8.14. The van der Waals surface area contributed by atoms with Gasteiger partial charge in [-0.1, -0.05) is 12.1 Å². The fraction of sp³-hybridized carbons (Fsp3) is 0.467. The molecule has 2 aromatic rings. The van der Waals surface area contributed by atoms with Crippen molar-refractivity contribution in [3.05, 3.63) is 30.0 Å². The van der Waals surface area contributed by atoms with Crippen molar-refractivity contribution in [3.8, 4) is 5.75 Å². The Morgan fingerprint density at radius 2 is 2.16 bits per heavy atom. The van der Waals surface area contributed by atoms with Crippen LogP contribution in [0, 0.1) is 0 Å². The first-order chi connectivity index (χ1) is 9.26. The van der Waals surface area contributed by atoms with E-state index in [0.29, 0.717) is 0 Å². The molecule has 1 aromatic carbocycles. The summed E-state index contributed by atoms with van der Waals surface area (Å²) in [4.78, 5) is 0. The molecule has 1 unspecified atom stereocenters. The van der Waals surface area contributed by atoms with E-state index in [1.54, 1.807) is 14.2 Å². The van der Waals surface area contributed by atoms with Crippen molar-refractivity contribution >= 4 is 11.0 Å². The van der Waals surface area contributed by atoms with Gasteiger partial charge in [0.05, 0.1) is 13.2 Å². The van der Waals surface area contributed by atoms with Crippen molar-refractivity contribution in [2.45, 2.75) is 19.4 Å². The maximum Gasteiger partial charge on any atom is 0.176 e. The first-order valence-corrected chi connectivity index (χ1v) is 6.55. The second-order valence-electron chi connectivity index (χ2n) is 4.55. The molecule has 0 bridgehead atoms. The third-order valence-corrected chi connectivity index (χ3v) is 3.15. The monoisotopic (exact) mass is 263 g/mol. The van der Waals surface area contributed by atoms with Crippen molar-refractivity contribution < 1.29 is 13.9 Å². The quantitative estimate of drug-likeness (QED) is 0.779. The summed E-state index contributed by atoms with van der Waals surface area (Å²) < 4.78 is 16.2. The largest absolute Gasteiger partial charge is 0.493 e. The number of para-hydroxylation sites is 1. The number of methoxy groups -OCH3 is 2. The Kier molecular flexibility index (Phi) is 4.82. The number of fused-ring (bicyclic) bond motifs is 1. The standard InChI is InChI=1S/C15H21NO3/c1-11(16-8-5-9-17-2)14-10-12-6-4-7-13(18-3)15(12)19-14/h4,6-7,10-11,16H,5,8-9H2,1-3H3. The minimum Gasteiger partial charge on any atom is -0.493 e. The zero-order valence-corrected chi connectivity index (χ0v) is 11.7. The van der Waals surface area contributed by atoms with Gasteiger partial charge in [0.2, 0.25) is 0 Å². The lowest BCUT2D eigenvalue weighted by atomic mass is 10.2. The molecular formula is C15H21NO3. The molecule has 1 aromatic heterocycles. The van der Waals surface area contributed by atoms with Crippen LogP contribution in [0.4, 0.5) is 0 Å². The van der Waals surface area contributed by atoms with Gasteiger partial charge in [0.25, 0.3) is 0 Å². The van der Waals surface area contributed by atoms with Gasteiger partial charge in [-0.25, -0.2) is 0 Å². The summed E-state index contributed by atoms with van der Waals surface area (Å²) >= 11 is 0. The molecule has 0 fully saturated rings. The third-order valence-electron chi connectivity index (χ3n) is 3.15. The zero-order valence-electron chi connectivity index (χ0n) is 11.7. The molecule has 0 amide bonds. The van der Waals surface area contributed by atoms with Crippen LogP contribution in [0.15, 0.2) is 28.7 Å². The number of hydrogen-bond acceptors (Lipinski definition) is 4. The van der Waals surface area contributed by atoms with E-state index in [2.05, 4.69) is 18.3 Å². The van der Waals surface area contributed by atoms with Gasteiger partial charge >= 0.3 is 0 Å². The number of benzene rings is 1. The van der Waals surface area contributed by atoms with Crippen LogP contribution < -0.4 is 10.1 Å². The second kappa shape index (κ2) is 6.59. The Labute approximate surface area is 113 Å². The average molecular weight is 263 g/mol. The molecule has 0 aliphatic heterocycles. The molecule has 2 rings (SSSR count). The summed E-state index contributed by atoms with van der Waals surface area (Å²) in [5.41, 5.74) is 0.811. The SMILES string of the molecule is COCCCNC(C)c1cc2cccc(OC)c2o1. The van der Waals surface area contributed by atoms with Gasteiger partial charge < -0.3 is 19.2 Å². The minimum absolute atomic E-state index is 0.175. The van der Waals surface area contributed by atoms with Crippen LogP contribution >= 0.6 is 0 Å². The number of rotatable bonds is 7. The summed E-state index contributed by atoms with van der Waals surface area (Å²) in [6.45, 7) is 3.77. The van der Waals surface area contributed by atoms with E-state index in [1.165, 1.54) is 0 Å². The average Bonchev–Trinajstić information content (AvgIpc) is 2.87. The Hall–Kier alpha value is -1.52. The smallest absolute Gasteiger partial charge is 0.176 e. The lowest BCUT2D eigenvalue weighted by molar-refractivity contribution is 0.193. The summed E-state index contributed by atoms with van der Waals surface area (Å²) in [7, 11) is 3.37. The number of hydrogen-bond donors (Lipinski definition) is 1. The Bertz CT molecular complexity index is 521. The maximum atomic E-state index is 5.89. The molecule has 0 saturated heterocycles. The summed E-state index contributed by atoms with van der Waals surface area (Å²) in [6.07, 6.45) is 0.990. The van der Waals surface area contributed by atoms with Gasteiger partial charge in [-0.15, -0.1) is 0 Å². The number of nitrogens with one attached hydrogen (secondary N) is 1. The molecule has 0 radical (unpaired) electrons. The molecule has 1 heterocycles. The normalized spacial score (nSPS) is 12.8. The van der Waals surface area contributed by atoms with Crippen LogP contribution in [-0.2, 0) is 4.74 Å². The van der Waals surface area contributed by atoms with E-state index < -0.39 is 0 Å². The molecule has 1 atom stereocenters. The molecule has 104 valence electrons. The van der Waals surface area contributed by atoms with Crippen LogP contribution in [0.2, 0.25) is 0 Å². The fourth-order valence-electron chi connectivity index (χ4n) is 2.07. The molecule has 19 heavy (non-hydrogen) atoms. The molecule has 0 spiro atoms. The van der Waals surface area contributed by atoms with Gasteiger partial charge in [0.15, 0.2) is 11.3 Å². The molecular weight excluding hydrogens is 242 g/mol. The van der Waals surface area contributed by atoms with Crippen molar-refractivity contribution in [1.82, 2.24) is 5.32 Å². The van der Waals surface area contributed by atoms with E-state index in [0.717, 1.165) is 42.1 Å². The van der Waals surface area contributed by atoms with Crippen LogP contribution in [0.5, 0.6) is 5.75 Å². The van der Waals surface area contributed by atoms with Gasteiger partial charge in [-0.2, -0.15) is 0 Å². The molecule has 0 aliphatic carbocycles. The molecule has 0 aliphatic rings. The molecule has 1 N–H and O–H groups in total. The highest BCUT2D eigenvalue weighted by Gasteiger charge is 2.13. The Balaban J connectivity index is 2.08. The summed E-state index contributed by atoms with van der Waals surface area (Å²) in [5, 5.41) is 4.49. The van der Waals surface area contributed by atoms with Crippen LogP contribution in [0.25, 0.3) is 11.0 Å². The Morgan fingerprint density at radius 1 is 1.32 bits per heavy atom. The lowest BCUT2D eigenvalue weighted by Gasteiger charge is -2.10. The molecule has 0 saturated carbocycles. The minimum atomic E-state index is 0.175. The first kappa shape index (κ1) is 13.9. The lowest BCUT2D eigenvalue weighted by Crippen LogP contribution is -2.20. The highest BCUT2D eigenvalue weighted by atomic mass is 16.5. The summed E-state index contributed by atoms with van der Waals surface area (Å²) in [5.74, 6) is 1.70. The van der Waals surface area contributed by atoms with Gasteiger partial charge in [-0.3, -0.25) is 0 Å². The van der Waals surface area contributed by atoms with Gasteiger partial charge in [0.1, 0.15) is 5.76 Å². The number of ether oxygens (including phenoxy) is 2. The number of furan rings is 1. The van der Waals surface area contributed by atoms with E-state index >= 15 is 0 Å². The van der Waals surface area contributed by atoms with E-state index in [1.807, 2.05) is 18.2 Å². The van der Waals surface area contributed by atoms with E-state index in [4.69, 9.17) is 13.9 Å². The zero-order chi connectivity index (χ0) is 13.7. The van der Waals surface area contributed by atoms with Crippen LogP contribution in [0.3, 0.4) is 0 Å². The van der Waals surface area contributed by atoms with Crippen LogP contribution in [0.1, 0.15) is 25.1 Å². The Morgan fingerprint density at radius 3 is 2.89 bits per heavy atom. The van der Waals surface area contributed by atoms with Crippen molar-refractivity contribution in [3.63, 3.8) is 0 Å². The predicted molar refractivity (Wildman–Crippen MR) is 75.7 cm³/mol. The molecule has 4 heteroatoms. The van der Waals surface area contributed by atoms with Crippen LogP contribution in [-0.4, -0.2) is 27.4 Å². The van der Waals surface area contributed by atoms with Crippen molar-refractivity contribution in [1.29, 1.82) is 0 Å². The predicted octanol–water partition coefficient (Wildman–Crippen LogP) is 3.13. The third kappa shape index (κ3) is 3.28. The fourth-order valence-corrected chi connectivity index (χ4v) is 2.07. The van der Waals surface area contributed by atoms with E-state index in [9.17, 15) is 0 Å². The topological polar surface area (TPSA) is 43.6 Å². The van der Waals surface area contributed by atoms with Crippen molar-refractivity contribution in [2.75, 3.05) is 27.4 Å². The van der Waals surface area contributed by atoms with E-state index in [-0.39, 0.29) is 6.04 Å². The maximum absolute atomic E-state index is 5.89. The highest BCUT2D eigenvalue weighted by molar-refractivity contribution is 5.83. The van der Waals surface area contributed by atoms with Crippen molar-refractivity contribution in [2.24, 2.45) is 0 Å². The molecule has 4 nitrogen and oxygen atoms in total.